The predicted molar refractivity (Wildman–Crippen MR) is 37.1 cm³/mol. The molecule has 0 aromatic rings. The zero-order valence-corrected chi connectivity index (χ0v) is 5.71. The van der Waals surface area contributed by atoms with Gasteiger partial charge < -0.3 is 4.74 Å². The largest absolute Gasteiger partial charge is 0.350 e. The maximum absolute atomic E-state index is 10.5. The topological polar surface area (TPSA) is 41.9 Å². The lowest BCUT2D eigenvalue weighted by Crippen LogP contribution is -2.34. The number of nitroso groups, excluding NO2 is 1. The van der Waals surface area contributed by atoms with E-state index in [1.807, 2.05) is 0 Å². The summed E-state index contributed by atoms with van der Waals surface area (Å²) < 4.78 is 49.0. The minimum absolute atomic E-state index is 0.319. The van der Waals surface area contributed by atoms with Crippen molar-refractivity contribution in [3.63, 3.8) is 0 Å². The predicted octanol–water partition coefficient (Wildman–Crippen LogP) is 1.12. The van der Waals surface area contributed by atoms with Crippen molar-refractivity contribution < 1.29 is 13.0 Å². The van der Waals surface area contributed by atoms with Gasteiger partial charge in [-0.3, -0.25) is 0 Å². The van der Waals surface area contributed by atoms with E-state index in [9.17, 15) is 4.91 Å². The first-order chi connectivity index (χ1) is 6.90. The average molecular weight is 150 g/mol. The quantitative estimate of drug-likeness (QED) is 0.526. The van der Waals surface area contributed by atoms with Gasteiger partial charge in [-0.25, -0.2) is 5.01 Å². The second kappa shape index (κ2) is 2.20. The summed E-state index contributed by atoms with van der Waals surface area (Å²) in [4.78, 5) is 10.5. The van der Waals surface area contributed by atoms with E-state index in [4.69, 9.17) is 13.0 Å². The Bertz CT molecular complexity index is 317. The molecule has 0 aromatic heterocycles. The van der Waals surface area contributed by atoms with Crippen LogP contribution in [0.4, 0.5) is 0 Å². The highest BCUT2D eigenvalue weighted by Crippen LogP contribution is 2.25. The van der Waals surface area contributed by atoms with E-state index < -0.39 is 25.2 Å². The Morgan fingerprint density at radius 1 is 2.10 bits per heavy atom. The lowest BCUT2D eigenvalue weighted by Gasteiger charge is -2.23. The first-order valence-corrected chi connectivity index (χ1v) is 2.74. The van der Waals surface area contributed by atoms with Crippen LogP contribution in [0.2, 0.25) is 0 Å². The Balaban J connectivity index is 3.33. The number of ether oxygens (including phenoxy) is 1. The molecule has 0 N–H and O–H groups in total. The Kier molecular flexibility index (Phi) is 0.609. The van der Waals surface area contributed by atoms with Crippen LogP contribution in [0.5, 0.6) is 0 Å². The van der Waals surface area contributed by atoms with Crippen molar-refractivity contribution in [3.05, 3.63) is 4.91 Å². The SMILES string of the molecule is [2H]C([2H])([2H])C1([2H])OC(C)(C)N(N=O)C1([2H])[2H]. The number of nitrogens with zero attached hydrogens (tertiary/aromatic N) is 2. The fraction of sp³-hybridized carbons (Fsp3) is 1.00. The summed E-state index contributed by atoms with van der Waals surface area (Å²) in [6.45, 7) is -3.32. The van der Waals surface area contributed by atoms with E-state index in [1.54, 1.807) is 0 Å². The zero-order valence-electron chi connectivity index (χ0n) is 11.7. The van der Waals surface area contributed by atoms with E-state index in [0.29, 0.717) is 5.01 Å². The standard InChI is InChI=1S/C6H12N2O2/c1-5-4-8(7-9)6(2,3)10-5/h5H,4H2,1-3H3/i1D3,4D2,5D. The van der Waals surface area contributed by atoms with Gasteiger partial charge in [0.1, 0.15) is 0 Å². The van der Waals surface area contributed by atoms with Crippen molar-refractivity contribution in [2.75, 3.05) is 6.50 Å². The molecule has 0 amide bonds. The molecule has 1 fully saturated rings. The minimum atomic E-state index is -3.03. The summed E-state index contributed by atoms with van der Waals surface area (Å²) in [6, 6.07) is 0. The second-order valence-electron chi connectivity index (χ2n) is 2.38. The van der Waals surface area contributed by atoms with Crippen molar-refractivity contribution in [3.8, 4) is 0 Å². The number of hydrogen-bond acceptors (Lipinski definition) is 3. The molecule has 1 atom stereocenters. The Morgan fingerprint density at radius 2 is 2.80 bits per heavy atom. The molecule has 58 valence electrons. The van der Waals surface area contributed by atoms with Crippen LogP contribution in [0, 0.1) is 4.91 Å². The molecule has 0 aliphatic carbocycles. The van der Waals surface area contributed by atoms with Crippen molar-refractivity contribution in [2.45, 2.75) is 32.5 Å². The van der Waals surface area contributed by atoms with Crippen molar-refractivity contribution in [1.29, 1.82) is 0 Å². The molecule has 1 aliphatic heterocycles. The first-order valence-electron chi connectivity index (χ1n) is 5.74. The minimum Gasteiger partial charge on any atom is -0.350 e. The molecular weight excluding hydrogens is 132 g/mol. The highest BCUT2D eigenvalue weighted by atomic mass is 16.6. The fourth-order valence-electron chi connectivity index (χ4n) is 0.665. The van der Waals surface area contributed by atoms with Gasteiger partial charge in [-0.05, 0) is 20.7 Å². The third-order valence-electron chi connectivity index (χ3n) is 1.15. The molecule has 4 nitrogen and oxygen atoms in total. The zero-order chi connectivity index (χ0) is 13.0. The summed E-state index contributed by atoms with van der Waals surface area (Å²) in [5, 5.41) is 2.73. The maximum atomic E-state index is 10.5. The van der Waals surface area contributed by atoms with E-state index in [0.717, 1.165) is 0 Å². The Hall–Kier alpha value is -0.640. The van der Waals surface area contributed by atoms with Gasteiger partial charge in [-0.1, -0.05) is 0 Å². The maximum Gasteiger partial charge on any atom is 0.154 e. The summed E-state index contributed by atoms with van der Waals surface area (Å²) in [6.07, 6.45) is -2.85. The lowest BCUT2D eigenvalue weighted by atomic mass is 10.3. The molecular formula is C6H12N2O2. The van der Waals surface area contributed by atoms with E-state index in [-0.39, 0.29) is 0 Å². The van der Waals surface area contributed by atoms with E-state index in [2.05, 4.69) is 5.29 Å². The van der Waals surface area contributed by atoms with Crippen LogP contribution in [-0.4, -0.2) is 23.3 Å². The van der Waals surface area contributed by atoms with E-state index in [1.165, 1.54) is 13.8 Å². The highest BCUT2D eigenvalue weighted by molar-refractivity contribution is 4.78. The first kappa shape index (κ1) is 2.77. The molecule has 1 rings (SSSR count). The molecule has 0 spiro atoms. The summed E-state index contributed by atoms with van der Waals surface area (Å²) in [5.41, 5.74) is -1.58. The lowest BCUT2D eigenvalue weighted by molar-refractivity contribution is -0.0711. The third-order valence-corrected chi connectivity index (χ3v) is 1.15. The average Bonchev–Trinajstić information content (AvgIpc) is 2.13. The summed E-state index contributed by atoms with van der Waals surface area (Å²) in [7, 11) is 0. The van der Waals surface area contributed by atoms with Gasteiger partial charge in [-0.15, -0.1) is 4.91 Å². The highest BCUT2D eigenvalue weighted by Gasteiger charge is 2.37. The normalized spacial score (nSPS) is 53.2. The van der Waals surface area contributed by atoms with Gasteiger partial charge in [0.2, 0.25) is 0 Å². The van der Waals surface area contributed by atoms with Gasteiger partial charge >= 0.3 is 0 Å². The van der Waals surface area contributed by atoms with Crippen LogP contribution >= 0.6 is 0 Å². The molecule has 1 saturated heterocycles. The summed E-state index contributed by atoms with van der Waals surface area (Å²) in [5.74, 6) is 0. The smallest absolute Gasteiger partial charge is 0.154 e. The van der Waals surface area contributed by atoms with Gasteiger partial charge in [0.15, 0.2) is 5.72 Å². The van der Waals surface area contributed by atoms with Crippen LogP contribution in [0.3, 0.4) is 0 Å². The molecule has 1 heterocycles. The second-order valence-corrected chi connectivity index (χ2v) is 2.38. The molecule has 0 saturated carbocycles. The van der Waals surface area contributed by atoms with Gasteiger partial charge in [0, 0.05) is 4.11 Å². The van der Waals surface area contributed by atoms with Gasteiger partial charge in [0.05, 0.1) is 22.0 Å². The molecule has 4 heteroatoms. The van der Waals surface area contributed by atoms with Gasteiger partial charge in [0.25, 0.3) is 0 Å². The molecule has 10 heavy (non-hydrogen) atoms. The van der Waals surface area contributed by atoms with Crippen molar-refractivity contribution in [1.82, 2.24) is 5.01 Å². The number of rotatable bonds is 1. The number of hydrogen-bond donors (Lipinski definition) is 0. The summed E-state index contributed by atoms with van der Waals surface area (Å²) >= 11 is 0. The molecule has 0 radical (unpaired) electrons. The molecule has 1 unspecified atom stereocenters. The van der Waals surface area contributed by atoms with Crippen molar-refractivity contribution in [2.24, 2.45) is 5.29 Å². The van der Waals surface area contributed by atoms with Crippen LogP contribution in [0.15, 0.2) is 5.29 Å². The monoisotopic (exact) mass is 150 g/mol. The fourth-order valence-corrected chi connectivity index (χ4v) is 0.665. The van der Waals surface area contributed by atoms with Crippen molar-refractivity contribution >= 4 is 0 Å². The Labute approximate surface area is 68.5 Å². The van der Waals surface area contributed by atoms with Crippen LogP contribution in [-0.2, 0) is 4.74 Å². The van der Waals surface area contributed by atoms with Crippen LogP contribution < -0.4 is 0 Å². The third kappa shape index (κ3) is 1.11. The van der Waals surface area contributed by atoms with Crippen LogP contribution in [0.25, 0.3) is 0 Å². The van der Waals surface area contributed by atoms with Gasteiger partial charge in [-0.2, -0.15) is 0 Å². The molecule has 1 aliphatic rings. The molecule has 0 aromatic carbocycles. The van der Waals surface area contributed by atoms with Crippen LogP contribution in [0.1, 0.15) is 28.9 Å². The molecule has 0 bridgehead atoms. The Morgan fingerprint density at radius 3 is 3.10 bits per heavy atom. The van der Waals surface area contributed by atoms with E-state index >= 15 is 0 Å².